The number of hydrogen-bond acceptors (Lipinski definition) is 2. The minimum atomic E-state index is -4.06. The molecule has 2 N–H and O–H groups in total. The minimum Gasteiger partial charge on any atom is -0.432 e. The molecule has 13 heavy (non-hydrogen) atoms. The van der Waals surface area contributed by atoms with Crippen molar-refractivity contribution in [3.63, 3.8) is 0 Å². The lowest BCUT2D eigenvalue weighted by Crippen LogP contribution is -2.06. The molecule has 0 aromatic rings. The van der Waals surface area contributed by atoms with Gasteiger partial charge >= 0.3 is 6.18 Å². The lowest BCUT2D eigenvalue weighted by Gasteiger charge is -2.02. The fourth-order valence-electron chi connectivity index (χ4n) is 0.368. The maximum atomic E-state index is 11.3. The molecule has 0 bridgehead atoms. The zero-order valence-electron chi connectivity index (χ0n) is 7.65. The van der Waals surface area contributed by atoms with Crippen LogP contribution in [0.25, 0.3) is 0 Å². The Morgan fingerprint density at radius 3 is 1.92 bits per heavy atom. The molecule has 0 amide bonds. The molecular weight excluding hydrogens is 217 g/mol. The van der Waals surface area contributed by atoms with Crippen LogP contribution >= 0.6 is 0 Å². The number of rotatable bonds is 3. The first-order valence-corrected chi connectivity index (χ1v) is 7.32. The first-order valence-electron chi connectivity index (χ1n) is 3.72. The lowest BCUT2D eigenvalue weighted by atomic mass is 10.3. The molecular formula is C6H14F3O2Si2. The van der Waals surface area contributed by atoms with Gasteiger partial charge in [-0.2, -0.15) is 13.2 Å². The number of halogens is 3. The SMILES string of the molecule is C[Si](C)O.O[Si]CCCC(F)(F)F. The van der Waals surface area contributed by atoms with E-state index in [0.717, 1.165) is 0 Å². The molecule has 0 saturated heterocycles. The number of hydrogen-bond donors (Lipinski definition) is 2. The highest BCUT2D eigenvalue weighted by atomic mass is 28.3. The van der Waals surface area contributed by atoms with Gasteiger partial charge in [0.05, 0.1) is 0 Å². The molecule has 3 radical (unpaired) electrons. The van der Waals surface area contributed by atoms with E-state index in [2.05, 4.69) is 0 Å². The molecule has 0 aromatic carbocycles. The van der Waals surface area contributed by atoms with Crippen LogP contribution in [0.4, 0.5) is 13.2 Å². The second-order valence-electron chi connectivity index (χ2n) is 2.57. The quantitative estimate of drug-likeness (QED) is 0.572. The molecule has 0 rings (SSSR count). The summed E-state index contributed by atoms with van der Waals surface area (Å²) in [5.74, 6) is 0. The van der Waals surface area contributed by atoms with E-state index >= 15 is 0 Å². The van der Waals surface area contributed by atoms with E-state index in [1.165, 1.54) is 0 Å². The van der Waals surface area contributed by atoms with Crippen LogP contribution in [0.2, 0.25) is 19.1 Å². The second kappa shape index (κ2) is 8.73. The Bertz CT molecular complexity index is 106. The van der Waals surface area contributed by atoms with E-state index in [-0.39, 0.29) is 22.2 Å². The smallest absolute Gasteiger partial charge is 0.389 e. The minimum absolute atomic E-state index is 0.0401. The molecule has 0 fully saturated rings. The summed E-state index contributed by atoms with van der Waals surface area (Å²) < 4.78 is 33.9. The average molecular weight is 231 g/mol. The van der Waals surface area contributed by atoms with E-state index in [1.54, 1.807) is 0 Å². The van der Waals surface area contributed by atoms with Gasteiger partial charge in [-0.05, 0) is 25.6 Å². The van der Waals surface area contributed by atoms with Crippen molar-refractivity contribution in [2.45, 2.75) is 38.2 Å². The van der Waals surface area contributed by atoms with Crippen LogP contribution in [0.3, 0.4) is 0 Å². The molecule has 0 atom stereocenters. The van der Waals surface area contributed by atoms with E-state index < -0.39 is 21.6 Å². The second-order valence-corrected chi connectivity index (χ2v) is 5.28. The largest absolute Gasteiger partial charge is 0.432 e. The zero-order valence-corrected chi connectivity index (χ0v) is 9.65. The standard InChI is InChI=1S/C4H7F3OSi.C2H7OSi/c5-4(6,7)2-1-3-9-8;1-4(2)3/h8H,1-3H2;3H,1-2H3. The maximum absolute atomic E-state index is 11.3. The van der Waals surface area contributed by atoms with Crippen molar-refractivity contribution in [1.29, 1.82) is 0 Å². The van der Waals surface area contributed by atoms with Crippen LogP contribution in [-0.2, 0) is 0 Å². The van der Waals surface area contributed by atoms with Crippen LogP contribution in [-0.4, -0.2) is 34.6 Å². The van der Waals surface area contributed by atoms with Gasteiger partial charge in [-0.25, -0.2) is 0 Å². The van der Waals surface area contributed by atoms with Gasteiger partial charge in [-0.1, -0.05) is 0 Å². The fraction of sp³-hybridized carbons (Fsp3) is 1.00. The van der Waals surface area contributed by atoms with Crippen LogP contribution in [0, 0.1) is 0 Å². The Labute approximate surface area is 80.5 Å². The molecule has 0 aliphatic heterocycles. The van der Waals surface area contributed by atoms with Crippen LogP contribution in [0.1, 0.15) is 12.8 Å². The Morgan fingerprint density at radius 2 is 1.69 bits per heavy atom. The maximum Gasteiger partial charge on any atom is 0.389 e. The summed E-state index contributed by atoms with van der Waals surface area (Å²) >= 11 is 0. The van der Waals surface area contributed by atoms with Gasteiger partial charge in [0.25, 0.3) is 0 Å². The first kappa shape index (κ1) is 15.6. The van der Waals surface area contributed by atoms with Gasteiger partial charge in [0.1, 0.15) is 0 Å². The third-order valence-electron chi connectivity index (χ3n) is 0.749. The van der Waals surface area contributed by atoms with Crippen molar-refractivity contribution in [1.82, 2.24) is 0 Å². The van der Waals surface area contributed by atoms with Gasteiger partial charge in [0.2, 0.25) is 9.76 Å². The summed E-state index contributed by atoms with van der Waals surface area (Å²) in [6.07, 6.45) is -4.79. The molecule has 0 aromatic heterocycles. The van der Waals surface area contributed by atoms with Crippen molar-refractivity contribution < 1.29 is 22.8 Å². The summed E-state index contributed by atoms with van der Waals surface area (Å²) in [4.78, 5) is 16.3. The molecule has 0 aliphatic rings. The van der Waals surface area contributed by atoms with Crippen molar-refractivity contribution in [2.75, 3.05) is 0 Å². The highest BCUT2D eigenvalue weighted by Gasteiger charge is 2.25. The normalized spacial score (nSPS) is 11.1. The van der Waals surface area contributed by atoms with Crippen LogP contribution < -0.4 is 0 Å². The third-order valence-corrected chi connectivity index (χ3v) is 1.33. The van der Waals surface area contributed by atoms with Gasteiger partial charge in [-0.3, -0.25) is 0 Å². The Kier molecular flexibility index (Phi) is 10.5. The van der Waals surface area contributed by atoms with E-state index in [4.69, 9.17) is 9.59 Å². The molecule has 0 saturated carbocycles. The van der Waals surface area contributed by atoms with Crippen LogP contribution in [0.5, 0.6) is 0 Å². The Balaban J connectivity index is 0. The van der Waals surface area contributed by atoms with Gasteiger partial charge in [-0.15, -0.1) is 0 Å². The summed E-state index contributed by atoms with van der Waals surface area (Å²) in [5, 5.41) is 0. The molecule has 0 spiro atoms. The molecule has 79 valence electrons. The van der Waals surface area contributed by atoms with Gasteiger partial charge < -0.3 is 9.59 Å². The molecule has 0 unspecified atom stereocenters. The summed E-state index contributed by atoms with van der Waals surface area (Å²) in [6.45, 7) is 3.65. The predicted octanol–water partition coefficient (Wildman–Crippen LogP) is 1.59. The topological polar surface area (TPSA) is 40.5 Å². The highest BCUT2D eigenvalue weighted by molar-refractivity contribution is 6.46. The summed E-state index contributed by atoms with van der Waals surface area (Å²) in [5.41, 5.74) is 0. The lowest BCUT2D eigenvalue weighted by molar-refractivity contribution is -0.134. The molecule has 0 heterocycles. The Hall–Kier alpha value is 0.144. The zero-order chi connectivity index (χ0) is 10.9. The highest BCUT2D eigenvalue weighted by Crippen LogP contribution is 2.21. The van der Waals surface area contributed by atoms with Crippen molar-refractivity contribution in [3.05, 3.63) is 0 Å². The average Bonchev–Trinajstić information content (AvgIpc) is 1.83. The predicted molar refractivity (Wildman–Crippen MR) is 47.8 cm³/mol. The summed E-state index contributed by atoms with van der Waals surface area (Å²) in [7, 11) is -1.24. The van der Waals surface area contributed by atoms with Crippen molar-refractivity contribution in [3.8, 4) is 0 Å². The summed E-state index contributed by atoms with van der Waals surface area (Å²) in [6, 6.07) is 0.263. The van der Waals surface area contributed by atoms with E-state index in [0.29, 0.717) is 0 Å². The van der Waals surface area contributed by atoms with E-state index in [9.17, 15) is 13.2 Å². The van der Waals surface area contributed by atoms with Gasteiger partial charge in [0.15, 0.2) is 9.04 Å². The first-order chi connectivity index (χ1) is 5.79. The van der Waals surface area contributed by atoms with E-state index in [1.807, 2.05) is 13.1 Å². The Morgan fingerprint density at radius 1 is 1.31 bits per heavy atom. The molecule has 0 aliphatic carbocycles. The van der Waals surface area contributed by atoms with Crippen molar-refractivity contribution >= 4 is 18.8 Å². The van der Waals surface area contributed by atoms with Gasteiger partial charge in [0, 0.05) is 6.42 Å². The molecule has 7 heteroatoms. The fourth-order valence-corrected chi connectivity index (χ4v) is 0.703. The van der Waals surface area contributed by atoms with Crippen molar-refractivity contribution in [2.24, 2.45) is 0 Å². The monoisotopic (exact) mass is 231 g/mol. The van der Waals surface area contributed by atoms with Crippen LogP contribution in [0.15, 0.2) is 0 Å². The third kappa shape index (κ3) is 33.1. The number of alkyl halides is 3. The molecule has 2 nitrogen and oxygen atoms in total.